The minimum atomic E-state index is -0.584. The SMILES string of the molecule is C=C/C(=C\C)CC(N)C(=O)OC. The normalized spacial score (nSPS) is 13.8. The van der Waals surface area contributed by atoms with E-state index in [-0.39, 0.29) is 0 Å². The van der Waals surface area contributed by atoms with Crippen LogP contribution in [-0.4, -0.2) is 19.1 Å². The number of hydrogen-bond acceptors (Lipinski definition) is 3. The topological polar surface area (TPSA) is 52.3 Å². The molecule has 0 aromatic rings. The predicted molar refractivity (Wildman–Crippen MR) is 48.6 cm³/mol. The molecule has 0 saturated heterocycles. The van der Waals surface area contributed by atoms with Gasteiger partial charge in [0.15, 0.2) is 0 Å². The van der Waals surface area contributed by atoms with Crippen molar-refractivity contribution in [3.8, 4) is 0 Å². The van der Waals surface area contributed by atoms with Crippen LogP contribution in [0.5, 0.6) is 0 Å². The number of hydrogen-bond donors (Lipinski definition) is 1. The zero-order valence-electron chi connectivity index (χ0n) is 7.54. The van der Waals surface area contributed by atoms with E-state index in [2.05, 4.69) is 11.3 Å². The summed E-state index contributed by atoms with van der Waals surface area (Å²) in [5.74, 6) is -0.392. The first-order valence-electron chi connectivity index (χ1n) is 3.76. The van der Waals surface area contributed by atoms with Crippen molar-refractivity contribution in [2.24, 2.45) is 5.73 Å². The number of carbonyl (C=O) groups excluding carboxylic acids is 1. The van der Waals surface area contributed by atoms with Crippen LogP contribution in [0.2, 0.25) is 0 Å². The van der Waals surface area contributed by atoms with Crippen molar-refractivity contribution < 1.29 is 9.53 Å². The summed E-state index contributed by atoms with van der Waals surface area (Å²) >= 11 is 0. The molecule has 1 unspecified atom stereocenters. The predicted octanol–water partition coefficient (Wildman–Crippen LogP) is 1.01. The summed E-state index contributed by atoms with van der Waals surface area (Å²) in [6.07, 6.45) is 4.03. The van der Waals surface area contributed by atoms with Gasteiger partial charge in [-0.15, -0.1) is 0 Å². The van der Waals surface area contributed by atoms with Gasteiger partial charge in [-0.1, -0.05) is 24.3 Å². The molecule has 12 heavy (non-hydrogen) atoms. The summed E-state index contributed by atoms with van der Waals surface area (Å²) in [6.45, 7) is 5.47. The minimum absolute atomic E-state index is 0.392. The van der Waals surface area contributed by atoms with E-state index in [1.165, 1.54) is 7.11 Å². The molecule has 0 saturated carbocycles. The molecular weight excluding hydrogens is 154 g/mol. The quantitative estimate of drug-likeness (QED) is 0.504. The van der Waals surface area contributed by atoms with Crippen LogP contribution in [0.3, 0.4) is 0 Å². The maximum Gasteiger partial charge on any atom is 0.322 e. The third-order valence-electron chi connectivity index (χ3n) is 1.59. The van der Waals surface area contributed by atoms with Gasteiger partial charge in [0.2, 0.25) is 0 Å². The van der Waals surface area contributed by atoms with Crippen molar-refractivity contribution in [2.45, 2.75) is 19.4 Å². The molecule has 0 aromatic carbocycles. The molecular formula is C9H15NO2. The van der Waals surface area contributed by atoms with Crippen molar-refractivity contribution in [1.82, 2.24) is 0 Å². The van der Waals surface area contributed by atoms with Gasteiger partial charge in [-0.05, 0) is 13.3 Å². The Hall–Kier alpha value is -1.09. The van der Waals surface area contributed by atoms with Crippen molar-refractivity contribution in [3.05, 3.63) is 24.3 Å². The number of ether oxygens (including phenoxy) is 1. The zero-order valence-corrected chi connectivity index (χ0v) is 7.54. The summed E-state index contributed by atoms with van der Waals surface area (Å²) in [5, 5.41) is 0. The van der Waals surface area contributed by atoms with E-state index in [9.17, 15) is 4.79 Å². The molecule has 1 atom stereocenters. The van der Waals surface area contributed by atoms with Crippen LogP contribution in [0.1, 0.15) is 13.3 Å². The van der Waals surface area contributed by atoms with Crippen LogP contribution in [0.4, 0.5) is 0 Å². The molecule has 3 heteroatoms. The second-order valence-electron chi connectivity index (χ2n) is 2.40. The molecule has 0 aliphatic heterocycles. The Kier molecular flexibility index (Phi) is 5.04. The number of allylic oxidation sites excluding steroid dienone is 2. The van der Waals surface area contributed by atoms with Crippen LogP contribution in [0, 0.1) is 0 Å². The lowest BCUT2D eigenvalue weighted by molar-refractivity contribution is -0.142. The highest BCUT2D eigenvalue weighted by Crippen LogP contribution is 2.05. The lowest BCUT2D eigenvalue weighted by Crippen LogP contribution is -2.31. The average molecular weight is 169 g/mol. The Labute approximate surface area is 72.9 Å². The average Bonchev–Trinajstić information content (AvgIpc) is 2.12. The highest BCUT2D eigenvalue weighted by atomic mass is 16.5. The van der Waals surface area contributed by atoms with E-state index < -0.39 is 12.0 Å². The molecule has 0 aliphatic carbocycles. The minimum Gasteiger partial charge on any atom is -0.468 e. The Balaban J connectivity index is 4.07. The van der Waals surface area contributed by atoms with Crippen LogP contribution in [0.25, 0.3) is 0 Å². The molecule has 0 radical (unpaired) electrons. The molecule has 0 amide bonds. The standard InChI is InChI=1S/C9H15NO2/c1-4-7(5-2)6-8(10)9(11)12-3/h4-5,8H,1,6,10H2,2-3H3/b7-5+. The molecule has 2 N–H and O–H groups in total. The molecule has 0 aromatic heterocycles. The molecule has 0 spiro atoms. The van der Waals surface area contributed by atoms with Gasteiger partial charge < -0.3 is 10.5 Å². The first kappa shape index (κ1) is 10.9. The Morgan fingerprint density at radius 2 is 2.33 bits per heavy atom. The summed E-state index contributed by atoms with van der Waals surface area (Å²) in [7, 11) is 1.32. The van der Waals surface area contributed by atoms with E-state index in [1.54, 1.807) is 6.08 Å². The highest BCUT2D eigenvalue weighted by molar-refractivity contribution is 5.75. The lowest BCUT2D eigenvalue weighted by Gasteiger charge is -2.08. The summed E-state index contributed by atoms with van der Waals surface area (Å²) in [6, 6.07) is -0.584. The number of rotatable bonds is 4. The van der Waals surface area contributed by atoms with Crippen LogP contribution >= 0.6 is 0 Å². The van der Waals surface area contributed by atoms with Crippen molar-refractivity contribution in [3.63, 3.8) is 0 Å². The largest absolute Gasteiger partial charge is 0.468 e. The fourth-order valence-corrected chi connectivity index (χ4v) is 0.808. The van der Waals surface area contributed by atoms with Gasteiger partial charge in [0.1, 0.15) is 6.04 Å². The zero-order chi connectivity index (χ0) is 9.56. The second kappa shape index (κ2) is 5.55. The second-order valence-corrected chi connectivity index (χ2v) is 2.40. The third kappa shape index (κ3) is 3.34. The molecule has 0 bridgehead atoms. The summed E-state index contributed by atoms with van der Waals surface area (Å²) in [4.78, 5) is 10.9. The van der Waals surface area contributed by atoms with Crippen molar-refractivity contribution in [2.75, 3.05) is 7.11 Å². The molecule has 0 fully saturated rings. The van der Waals surface area contributed by atoms with Gasteiger partial charge in [-0.3, -0.25) is 4.79 Å². The first-order chi connectivity index (χ1) is 5.65. The van der Waals surface area contributed by atoms with E-state index in [4.69, 9.17) is 5.73 Å². The number of carbonyl (C=O) groups is 1. The van der Waals surface area contributed by atoms with Crippen LogP contribution in [0.15, 0.2) is 24.3 Å². The van der Waals surface area contributed by atoms with Gasteiger partial charge in [0.25, 0.3) is 0 Å². The lowest BCUT2D eigenvalue weighted by atomic mass is 10.1. The molecule has 0 rings (SSSR count). The smallest absolute Gasteiger partial charge is 0.322 e. The molecule has 68 valence electrons. The van der Waals surface area contributed by atoms with E-state index >= 15 is 0 Å². The maximum atomic E-state index is 10.9. The number of esters is 1. The highest BCUT2D eigenvalue weighted by Gasteiger charge is 2.13. The van der Waals surface area contributed by atoms with Gasteiger partial charge >= 0.3 is 5.97 Å². The fraction of sp³-hybridized carbons (Fsp3) is 0.444. The maximum absolute atomic E-state index is 10.9. The van der Waals surface area contributed by atoms with E-state index in [0.717, 1.165) is 5.57 Å². The Bertz CT molecular complexity index is 197. The molecule has 0 heterocycles. The van der Waals surface area contributed by atoms with Gasteiger partial charge in [0.05, 0.1) is 7.11 Å². The number of methoxy groups -OCH3 is 1. The summed E-state index contributed by atoms with van der Waals surface area (Å²) < 4.78 is 4.48. The first-order valence-corrected chi connectivity index (χ1v) is 3.76. The van der Waals surface area contributed by atoms with Crippen LogP contribution < -0.4 is 5.73 Å². The third-order valence-corrected chi connectivity index (χ3v) is 1.59. The van der Waals surface area contributed by atoms with E-state index in [1.807, 2.05) is 13.0 Å². The molecule has 3 nitrogen and oxygen atoms in total. The van der Waals surface area contributed by atoms with Crippen LogP contribution in [-0.2, 0) is 9.53 Å². The Morgan fingerprint density at radius 1 is 1.75 bits per heavy atom. The van der Waals surface area contributed by atoms with Gasteiger partial charge in [-0.2, -0.15) is 0 Å². The summed E-state index contributed by atoms with van der Waals surface area (Å²) in [5.41, 5.74) is 6.47. The van der Waals surface area contributed by atoms with Gasteiger partial charge in [-0.25, -0.2) is 0 Å². The van der Waals surface area contributed by atoms with E-state index in [0.29, 0.717) is 6.42 Å². The fourth-order valence-electron chi connectivity index (χ4n) is 0.808. The molecule has 0 aliphatic rings. The van der Waals surface area contributed by atoms with Crippen molar-refractivity contribution >= 4 is 5.97 Å². The Morgan fingerprint density at radius 3 is 2.67 bits per heavy atom. The monoisotopic (exact) mass is 169 g/mol. The number of nitrogens with two attached hydrogens (primary N) is 1. The van der Waals surface area contributed by atoms with Gasteiger partial charge in [0, 0.05) is 0 Å². The van der Waals surface area contributed by atoms with Crippen molar-refractivity contribution in [1.29, 1.82) is 0 Å².